The molecule has 1 aliphatic rings. The highest BCUT2D eigenvalue weighted by atomic mass is 35.7. The maximum Gasteiger partial charge on any atom is 0.265 e. The van der Waals surface area contributed by atoms with E-state index in [1.807, 2.05) is 0 Å². The van der Waals surface area contributed by atoms with Crippen molar-refractivity contribution in [1.82, 2.24) is 0 Å². The molecule has 0 aromatic heterocycles. The van der Waals surface area contributed by atoms with Crippen LogP contribution in [0.1, 0.15) is 5.56 Å². The molecule has 2 rings (SSSR count). The Bertz CT molecular complexity index is 514. The Hall–Kier alpha value is -1.01. The molecule has 0 N–H and O–H groups in total. The molecule has 0 spiro atoms. The number of rotatable bonds is 2. The monoisotopic (exact) mass is 266 g/mol. The molecule has 1 heterocycles. The molecule has 0 saturated heterocycles. The third-order valence-corrected chi connectivity index (χ3v) is 3.41. The van der Waals surface area contributed by atoms with E-state index in [9.17, 15) is 12.8 Å². The molecule has 1 aliphatic heterocycles. The zero-order chi connectivity index (χ0) is 11.8. The van der Waals surface area contributed by atoms with Crippen molar-refractivity contribution in [1.29, 1.82) is 0 Å². The molecular weight excluding hydrogens is 259 g/mol. The molecule has 0 saturated carbocycles. The minimum Gasteiger partial charge on any atom is -0.486 e. The SMILES string of the molecule is O=S(=O)(Cl)c1cc(CF)cc2c1OCCO2. The molecule has 0 fully saturated rings. The lowest BCUT2D eigenvalue weighted by Crippen LogP contribution is -2.17. The van der Waals surface area contributed by atoms with Gasteiger partial charge in [-0.15, -0.1) is 0 Å². The summed E-state index contributed by atoms with van der Waals surface area (Å²) in [5.74, 6) is 0.263. The predicted molar refractivity (Wildman–Crippen MR) is 55.3 cm³/mol. The average Bonchev–Trinajstić information content (AvgIpc) is 2.26. The Morgan fingerprint density at radius 2 is 2.00 bits per heavy atom. The van der Waals surface area contributed by atoms with Crippen LogP contribution < -0.4 is 9.47 Å². The number of halogens is 2. The molecule has 0 amide bonds. The van der Waals surface area contributed by atoms with Crippen LogP contribution >= 0.6 is 10.7 Å². The highest BCUT2D eigenvalue weighted by Crippen LogP contribution is 2.39. The van der Waals surface area contributed by atoms with Crippen LogP contribution in [0.25, 0.3) is 0 Å². The lowest BCUT2D eigenvalue weighted by atomic mass is 10.2. The van der Waals surface area contributed by atoms with Gasteiger partial charge in [0, 0.05) is 10.7 Å². The summed E-state index contributed by atoms with van der Waals surface area (Å²) in [7, 11) is 1.26. The summed E-state index contributed by atoms with van der Waals surface area (Å²) in [4.78, 5) is -0.251. The Morgan fingerprint density at radius 3 is 2.62 bits per heavy atom. The van der Waals surface area contributed by atoms with Crippen LogP contribution in [0.2, 0.25) is 0 Å². The van der Waals surface area contributed by atoms with Crippen molar-refractivity contribution >= 4 is 19.7 Å². The minimum atomic E-state index is -3.98. The Balaban J connectivity index is 2.66. The summed E-state index contributed by atoms with van der Waals surface area (Å²) in [5, 5.41) is 0. The van der Waals surface area contributed by atoms with Gasteiger partial charge in [-0.25, -0.2) is 12.8 Å². The first-order valence-corrected chi connectivity index (χ1v) is 6.76. The highest BCUT2D eigenvalue weighted by molar-refractivity contribution is 8.13. The number of fused-ring (bicyclic) bond motifs is 1. The van der Waals surface area contributed by atoms with Crippen LogP contribution in [0.4, 0.5) is 4.39 Å². The van der Waals surface area contributed by atoms with E-state index in [4.69, 9.17) is 20.2 Å². The van der Waals surface area contributed by atoms with E-state index in [2.05, 4.69) is 0 Å². The molecular formula is C9H8ClFO4S. The maximum atomic E-state index is 12.5. The van der Waals surface area contributed by atoms with Gasteiger partial charge in [-0.3, -0.25) is 0 Å². The third-order valence-electron chi connectivity index (χ3n) is 2.08. The molecule has 7 heteroatoms. The van der Waals surface area contributed by atoms with Gasteiger partial charge < -0.3 is 9.47 Å². The van der Waals surface area contributed by atoms with Crippen LogP contribution in [0, 0.1) is 0 Å². The van der Waals surface area contributed by atoms with Gasteiger partial charge >= 0.3 is 0 Å². The Labute approximate surface area is 96.3 Å². The molecule has 16 heavy (non-hydrogen) atoms. The molecule has 0 bridgehead atoms. The molecule has 88 valence electrons. The second-order valence-corrected chi connectivity index (χ2v) is 5.72. The molecule has 1 aromatic carbocycles. The van der Waals surface area contributed by atoms with Gasteiger partial charge in [0.1, 0.15) is 24.8 Å². The van der Waals surface area contributed by atoms with E-state index < -0.39 is 15.7 Å². The summed E-state index contributed by atoms with van der Waals surface area (Å²) < 4.78 is 45.4. The molecule has 0 atom stereocenters. The van der Waals surface area contributed by atoms with Gasteiger partial charge in [0.05, 0.1) is 0 Å². The normalized spacial score (nSPS) is 14.9. The zero-order valence-electron chi connectivity index (χ0n) is 8.07. The maximum absolute atomic E-state index is 12.5. The van der Waals surface area contributed by atoms with E-state index in [0.717, 1.165) is 6.07 Å². The summed E-state index contributed by atoms with van der Waals surface area (Å²) in [6.45, 7) is -0.262. The van der Waals surface area contributed by atoms with Crippen molar-refractivity contribution in [3.8, 4) is 11.5 Å². The summed E-state index contributed by atoms with van der Waals surface area (Å²) >= 11 is 0. The van der Waals surface area contributed by atoms with Gasteiger partial charge in [0.2, 0.25) is 0 Å². The third kappa shape index (κ3) is 2.08. The second kappa shape index (κ2) is 4.10. The highest BCUT2D eigenvalue weighted by Gasteiger charge is 2.24. The first kappa shape index (κ1) is 11.5. The first-order chi connectivity index (χ1) is 7.52. The van der Waals surface area contributed by atoms with Crippen molar-refractivity contribution in [2.24, 2.45) is 0 Å². The van der Waals surface area contributed by atoms with E-state index in [-0.39, 0.29) is 28.6 Å². The minimum absolute atomic E-state index is 0.0541. The van der Waals surface area contributed by atoms with Crippen molar-refractivity contribution < 1.29 is 22.3 Å². The molecule has 0 unspecified atom stereocenters. The number of benzene rings is 1. The van der Waals surface area contributed by atoms with Gasteiger partial charge in [0.25, 0.3) is 9.05 Å². The summed E-state index contributed by atoms with van der Waals surface area (Å²) in [6, 6.07) is 2.55. The van der Waals surface area contributed by atoms with Gasteiger partial charge in [-0.2, -0.15) is 0 Å². The molecule has 0 aliphatic carbocycles. The molecule has 1 aromatic rings. The van der Waals surface area contributed by atoms with E-state index in [0.29, 0.717) is 6.61 Å². The van der Waals surface area contributed by atoms with Crippen LogP contribution in [-0.2, 0) is 15.7 Å². The van der Waals surface area contributed by atoms with E-state index in [1.165, 1.54) is 6.07 Å². The van der Waals surface area contributed by atoms with Crippen LogP contribution in [0.15, 0.2) is 17.0 Å². The molecule has 4 nitrogen and oxygen atoms in total. The lowest BCUT2D eigenvalue weighted by Gasteiger charge is -2.20. The Kier molecular flexibility index (Phi) is 2.94. The fourth-order valence-corrected chi connectivity index (χ4v) is 2.45. The lowest BCUT2D eigenvalue weighted by molar-refractivity contribution is 0.166. The largest absolute Gasteiger partial charge is 0.486 e. The van der Waals surface area contributed by atoms with Gasteiger partial charge in [-0.1, -0.05) is 0 Å². The van der Waals surface area contributed by atoms with E-state index >= 15 is 0 Å². The van der Waals surface area contributed by atoms with Crippen LogP contribution in [-0.4, -0.2) is 21.6 Å². The number of hydrogen-bond donors (Lipinski definition) is 0. The Morgan fingerprint density at radius 1 is 1.31 bits per heavy atom. The average molecular weight is 267 g/mol. The number of alkyl halides is 1. The zero-order valence-corrected chi connectivity index (χ0v) is 9.65. The van der Waals surface area contributed by atoms with Crippen LogP contribution in [0.5, 0.6) is 11.5 Å². The first-order valence-electron chi connectivity index (χ1n) is 4.45. The predicted octanol–water partition coefficient (Wildman–Crippen LogP) is 1.85. The second-order valence-electron chi connectivity index (χ2n) is 3.19. The van der Waals surface area contributed by atoms with E-state index in [1.54, 1.807) is 0 Å². The quantitative estimate of drug-likeness (QED) is 0.767. The van der Waals surface area contributed by atoms with Crippen molar-refractivity contribution in [2.45, 2.75) is 11.6 Å². The van der Waals surface area contributed by atoms with Crippen LogP contribution in [0.3, 0.4) is 0 Å². The van der Waals surface area contributed by atoms with Gasteiger partial charge in [-0.05, 0) is 17.7 Å². The van der Waals surface area contributed by atoms with Crippen molar-refractivity contribution in [2.75, 3.05) is 13.2 Å². The summed E-state index contributed by atoms with van der Waals surface area (Å²) in [5.41, 5.74) is 0.184. The number of hydrogen-bond acceptors (Lipinski definition) is 4. The summed E-state index contributed by atoms with van der Waals surface area (Å²) in [6.07, 6.45) is 0. The van der Waals surface area contributed by atoms with Crippen molar-refractivity contribution in [3.63, 3.8) is 0 Å². The fraction of sp³-hybridized carbons (Fsp3) is 0.333. The van der Waals surface area contributed by atoms with Crippen molar-refractivity contribution in [3.05, 3.63) is 17.7 Å². The topological polar surface area (TPSA) is 52.6 Å². The standard InChI is InChI=1S/C9H8ClFO4S/c10-16(12,13)8-4-6(5-11)3-7-9(8)15-2-1-14-7/h3-4H,1-2,5H2. The smallest absolute Gasteiger partial charge is 0.265 e. The van der Waals surface area contributed by atoms with Gasteiger partial charge in [0.15, 0.2) is 11.5 Å². The molecule has 0 radical (unpaired) electrons. The fourth-order valence-electron chi connectivity index (χ4n) is 1.43. The number of ether oxygens (including phenoxy) is 2.